The standard InChI is InChI=1S/C25H25FN4O4S/c26-18-4-1-14-2-6-22(32)30-11-15(23(18)24(14)30)7-8-27-10-17-12-29(25(33)34-17)16-3-5-20-19(9-16)28-21(31)13-35-20/h1,3-5,9,15,17,27H,2,6-8,10-13H2,(H,28,31)/t15-,17+/m1/s1. The van der Waals surface area contributed by atoms with Crippen LogP contribution in [0.3, 0.4) is 0 Å². The summed E-state index contributed by atoms with van der Waals surface area (Å²) in [6, 6.07) is 8.88. The predicted molar refractivity (Wildman–Crippen MR) is 131 cm³/mol. The highest BCUT2D eigenvalue weighted by Gasteiger charge is 2.38. The molecule has 1 fully saturated rings. The zero-order chi connectivity index (χ0) is 24.1. The van der Waals surface area contributed by atoms with E-state index in [0.717, 1.165) is 16.1 Å². The van der Waals surface area contributed by atoms with Crippen LogP contribution in [0.2, 0.25) is 0 Å². The number of benzene rings is 2. The maximum absolute atomic E-state index is 14.7. The van der Waals surface area contributed by atoms with E-state index in [2.05, 4.69) is 10.6 Å². The highest BCUT2D eigenvalue weighted by atomic mass is 32.2. The molecule has 4 aliphatic rings. The van der Waals surface area contributed by atoms with Gasteiger partial charge in [0.05, 0.1) is 23.7 Å². The first-order chi connectivity index (χ1) is 17.0. The molecule has 4 aliphatic heterocycles. The van der Waals surface area contributed by atoms with Gasteiger partial charge in [-0.15, -0.1) is 11.8 Å². The summed E-state index contributed by atoms with van der Waals surface area (Å²) in [5, 5.41) is 6.18. The lowest BCUT2D eigenvalue weighted by atomic mass is 9.93. The maximum Gasteiger partial charge on any atom is 0.414 e. The van der Waals surface area contributed by atoms with Crippen molar-refractivity contribution in [2.24, 2.45) is 0 Å². The molecule has 2 aromatic carbocycles. The number of ether oxygens (including phenoxy) is 1. The summed E-state index contributed by atoms with van der Waals surface area (Å²) in [6.07, 6.45) is 1.09. The number of rotatable bonds is 6. The fourth-order valence-corrected chi connectivity index (χ4v) is 6.18. The van der Waals surface area contributed by atoms with Crippen LogP contribution in [0.25, 0.3) is 0 Å². The van der Waals surface area contributed by atoms with Gasteiger partial charge in [0.15, 0.2) is 0 Å². The Balaban J connectivity index is 1.05. The number of fused-ring (bicyclic) bond motifs is 1. The van der Waals surface area contributed by atoms with Crippen LogP contribution in [0.15, 0.2) is 35.2 Å². The van der Waals surface area contributed by atoms with Gasteiger partial charge in [0.2, 0.25) is 11.8 Å². The Bertz CT molecular complexity index is 1240. The first kappa shape index (κ1) is 22.4. The minimum Gasteiger partial charge on any atom is -0.443 e. The van der Waals surface area contributed by atoms with E-state index in [1.807, 2.05) is 12.1 Å². The van der Waals surface area contributed by atoms with Crippen molar-refractivity contribution in [1.29, 1.82) is 0 Å². The van der Waals surface area contributed by atoms with Crippen LogP contribution in [0.1, 0.15) is 29.9 Å². The van der Waals surface area contributed by atoms with Crippen LogP contribution in [0.4, 0.5) is 26.2 Å². The van der Waals surface area contributed by atoms with Gasteiger partial charge in [-0.2, -0.15) is 0 Å². The molecule has 0 saturated carbocycles. The molecular weight excluding hydrogens is 471 g/mol. The lowest BCUT2D eigenvalue weighted by Gasteiger charge is -2.25. The number of nitrogens with one attached hydrogen (secondary N) is 2. The molecule has 0 unspecified atom stereocenters. The third kappa shape index (κ3) is 4.04. The Morgan fingerprint density at radius 1 is 1.11 bits per heavy atom. The van der Waals surface area contributed by atoms with Crippen LogP contribution in [-0.2, 0) is 20.7 Å². The molecule has 1 saturated heterocycles. The van der Waals surface area contributed by atoms with Crippen molar-refractivity contribution >= 4 is 46.7 Å². The van der Waals surface area contributed by atoms with Gasteiger partial charge in [-0.25, -0.2) is 9.18 Å². The second-order valence-corrected chi connectivity index (χ2v) is 10.3. The summed E-state index contributed by atoms with van der Waals surface area (Å²) in [5.74, 6) is 0.107. The Hall–Kier alpha value is -3.11. The van der Waals surface area contributed by atoms with Gasteiger partial charge >= 0.3 is 6.09 Å². The third-order valence-corrected chi connectivity index (χ3v) is 8.13. The van der Waals surface area contributed by atoms with Crippen molar-refractivity contribution in [1.82, 2.24) is 5.32 Å². The number of thioether (sulfide) groups is 1. The number of cyclic esters (lactones) is 1. The Morgan fingerprint density at radius 3 is 2.89 bits per heavy atom. The molecule has 0 aliphatic carbocycles. The molecule has 3 amide bonds. The first-order valence-corrected chi connectivity index (χ1v) is 12.8. The topological polar surface area (TPSA) is 91.0 Å². The summed E-state index contributed by atoms with van der Waals surface area (Å²) < 4.78 is 20.2. The fourth-order valence-electron chi connectivity index (χ4n) is 5.40. The van der Waals surface area contributed by atoms with Crippen molar-refractivity contribution in [3.8, 4) is 0 Å². The van der Waals surface area contributed by atoms with Crippen molar-refractivity contribution < 1.29 is 23.5 Å². The highest BCUT2D eigenvalue weighted by molar-refractivity contribution is 8.00. The largest absolute Gasteiger partial charge is 0.443 e. The number of halogens is 1. The molecule has 0 spiro atoms. The molecule has 0 aromatic heterocycles. The molecule has 6 rings (SSSR count). The Kier molecular flexibility index (Phi) is 5.64. The van der Waals surface area contributed by atoms with Crippen molar-refractivity contribution in [3.63, 3.8) is 0 Å². The van der Waals surface area contributed by atoms with Gasteiger partial charge in [-0.05, 0) is 49.2 Å². The summed E-state index contributed by atoms with van der Waals surface area (Å²) in [4.78, 5) is 40.8. The molecule has 2 aromatic rings. The molecule has 4 heterocycles. The minimum atomic E-state index is -0.418. The molecule has 0 bridgehead atoms. The van der Waals surface area contributed by atoms with Crippen LogP contribution in [0.5, 0.6) is 0 Å². The van der Waals surface area contributed by atoms with E-state index in [-0.39, 0.29) is 29.7 Å². The second kappa shape index (κ2) is 8.83. The van der Waals surface area contributed by atoms with Gasteiger partial charge in [0.1, 0.15) is 11.9 Å². The van der Waals surface area contributed by atoms with Gasteiger partial charge in [-0.1, -0.05) is 6.07 Å². The van der Waals surface area contributed by atoms with Crippen LogP contribution in [0, 0.1) is 5.82 Å². The van der Waals surface area contributed by atoms with Crippen molar-refractivity contribution in [3.05, 3.63) is 47.3 Å². The van der Waals surface area contributed by atoms with Crippen LogP contribution in [-0.4, -0.2) is 55.9 Å². The smallest absolute Gasteiger partial charge is 0.414 e. The molecule has 10 heteroatoms. The van der Waals surface area contributed by atoms with Gasteiger partial charge < -0.3 is 20.3 Å². The molecular formula is C25H25FN4O4S. The SMILES string of the molecule is O=C1CSc2ccc(N3C[C@H](CNCC[C@@H]4CN5C(=O)CCc6ccc(F)c4c65)OC3=O)cc2N1. The quantitative estimate of drug-likeness (QED) is 0.597. The molecule has 8 nitrogen and oxygen atoms in total. The second-order valence-electron chi connectivity index (χ2n) is 9.30. The van der Waals surface area contributed by atoms with E-state index in [4.69, 9.17) is 4.74 Å². The monoisotopic (exact) mass is 496 g/mol. The highest BCUT2D eigenvalue weighted by Crippen LogP contribution is 2.44. The first-order valence-electron chi connectivity index (χ1n) is 11.8. The lowest BCUT2D eigenvalue weighted by Crippen LogP contribution is -2.34. The summed E-state index contributed by atoms with van der Waals surface area (Å²) in [7, 11) is 0. The molecule has 2 N–H and O–H groups in total. The van der Waals surface area contributed by atoms with Crippen LogP contribution >= 0.6 is 11.8 Å². The van der Waals surface area contributed by atoms with E-state index in [9.17, 15) is 18.8 Å². The van der Waals surface area contributed by atoms with Gasteiger partial charge in [0.25, 0.3) is 0 Å². The summed E-state index contributed by atoms with van der Waals surface area (Å²) >= 11 is 1.47. The zero-order valence-corrected chi connectivity index (χ0v) is 19.8. The average molecular weight is 497 g/mol. The number of carbonyl (C=O) groups is 3. The summed E-state index contributed by atoms with van der Waals surface area (Å²) in [5.41, 5.74) is 3.89. The van der Waals surface area contributed by atoms with E-state index < -0.39 is 6.09 Å². The van der Waals surface area contributed by atoms with E-state index >= 15 is 0 Å². The molecule has 0 radical (unpaired) electrons. The number of hydrogen-bond donors (Lipinski definition) is 2. The van der Waals surface area contributed by atoms with Gasteiger partial charge in [-0.3, -0.25) is 14.5 Å². The van der Waals surface area contributed by atoms with Crippen molar-refractivity contribution in [2.45, 2.75) is 36.2 Å². The number of hydrogen-bond acceptors (Lipinski definition) is 6. The van der Waals surface area contributed by atoms with Gasteiger partial charge in [0, 0.05) is 41.6 Å². The maximum atomic E-state index is 14.7. The van der Waals surface area contributed by atoms with E-state index in [0.29, 0.717) is 68.1 Å². The Labute approximate surface area is 206 Å². The van der Waals surface area contributed by atoms with Crippen molar-refractivity contribution in [2.75, 3.05) is 47.0 Å². The number of nitrogens with zero attached hydrogens (tertiary/aromatic N) is 2. The van der Waals surface area contributed by atoms with E-state index in [1.54, 1.807) is 21.9 Å². The molecule has 35 heavy (non-hydrogen) atoms. The minimum absolute atomic E-state index is 0.0503. The van der Waals surface area contributed by atoms with E-state index in [1.165, 1.54) is 17.8 Å². The average Bonchev–Trinajstić information content (AvgIpc) is 3.42. The summed E-state index contributed by atoms with van der Waals surface area (Å²) in [6.45, 7) is 2.01. The molecule has 2 atom stereocenters. The predicted octanol–water partition coefficient (Wildman–Crippen LogP) is 3.25. The number of aryl methyl sites for hydroxylation is 1. The third-order valence-electron chi connectivity index (χ3n) is 7.06. The lowest BCUT2D eigenvalue weighted by molar-refractivity contribution is -0.118. The number of carbonyl (C=O) groups excluding carboxylic acids is 3. The number of anilines is 3. The Morgan fingerprint density at radius 2 is 2.00 bits per heavy atom. The normalized spacial score (nSPS) is 22.7. The van der Waals surface area contributed by atoms with Crippen LogP contribution < -0.4 is 20.4 Å². The zero-order valence-electron chi connectivity index (χ0n) is 19.0. The number of amides is 3. The molecule has 182 valence electrons. The fraction of sp³-hybridized carbons (Fsp3) is 0.400.